The molecular weight excluding hydrogens is 1250 g/mol. The zero-order chi connectivity index (χ0) is 76.5. The van der Waals surface area contributed by atoms with E-state index >= 15 is 0 Å². The first-order valence-electron chi connectivity index (χ1n) is 39.7. The van der Waals surface area contributed by atoms with E-state index in [9.17, 15) is 8.22 Å². The van der Waals surface area contributed by atoms with Crippen LogP contribution in [0.15, 0.2) is 301 Å². The largest absolute Gasteiger partial charge is 0.456 e. The third kappa shape index (κ3) is 9.20. The summed E-state index contributed by atoms with van der Waals surface area (Å²) in [5.74, 6) is 0. The molecule has 0 fully saturated rings. The lowest BCUT2D eigenvalue weighted by molar-refractivity contribution is 0.590. The summed E-state index contributed by atoms with van der Waals surface area (Å²) >= 11 is 0. The van der Waals surface area contributed by atoms with Crippen molar-refractivity contribution in [1.29, 1.82) is 0 Å². The van der Waals surface area contributed by atoms with Crippen LogP contribution in [0.1, 0.15) is 90.0 Å². The van der Waals surface area contributed by atoms with Crippen LogP contribution in [-0.2, 0) is 16.2 Å². The summed E-state index contributed by atoms with van der Waals surface area (Å²) in [4.78, 5) is 5.00. The number of nitrogens with zero attached hydrogens (tertiary/aromatic N) is 5. The molecule has 2 aliphatic rings. The summed E-state index contributed by atoms with van der Waals surface area (Å²) in [5, 5.41) is 6.29. The average molecular weight is 1330 g/mol. The maximum atomic E-state index is 9.85. The molecule has 7 heteroatoms. The minimum atomic E-state index is -0.516. The van der Waals surface area contributed by atoms with Gasteiger partial charge in [-0.2, -0.15) is 0 Å². The van der Waals surface area contributed by atoms with Gasteiger partial charge >= 0.3 is 0 Å². The predicted molar refractivity (Wildman–Crippen MR) is 438 cm³/mol. The van der Waals surface area contributed by atoms with Crippen LogP contribution in [0, 0.1) is 0 Å². The number of rotatable bonds is 7. The highest BCUT2D eigenvalue weighted by atomic mass is 16.3. The molecule has 0 radical (unpaired) electrons. The Hall–Kier alpha value is -12.1. The molecule has 0 atom stereocenters. The van der Waals surface area contributed by atoms with Crippen LogP contribution in [0.25, 0.3) is 127 Å². The zero-order valence-corrected chi connectivity index (χ0v) is 58.9. The van der Waals surface area contributed by atoms with Gasteiger partial charge in [0.1, 0.15) is 11.2 Å². The fourth-order valence-corrected chi connectivity index (χ4v) is 16.9. The normalized spacial score (nSPS) is 14.3. The molecule has 0 N–H and O–H groups in total. The number of fused-ring (bicyclic) bond motifs is 16. The van der Waals surface area contributed by atoms with Gasteiger partial charge in [0.05, 0.1) is 60.8 Å². The maximum Gasteiger partial charge on any atom is 0.252 e. The summed E-state index contributed by atoms with van der Waals surface area (Å²) in [5.41, 5.74) is 23.3. The standard InChI is InChI=1S/C96H76BN5O/c1-94(2,3)62-41-48-80-73(53-62)74-54-63(95(4,5)6)42-49-81(74)100(80)66-43-46-75-82(57-66)101(85-52-61(59-27-13-10-14-28-59)51-84-90(85)71-35-21-25-39-79(71)98(84)65-31-17-12-18-32-65)86-55-64(96(7,8)9)56-87-92(86)97(75)76-47-44-67(99-77-37-23-19-33-69(77)70-34-20-24-38-78(70)99)58-83(76)102(87)93-68(60-29-15-11-16-30-60)45-50-89-91(93)72-36-22-26-40-88(72)103-89/h10-58H,1-9H3/i19D,20D,23D,24D,33D,34D,37D,38D. The topological polar surface area (TPSA) is 34.4 Å². The number of benzene rings is 14. The Labute approximate surface area is 611 Å². The van der Waals surface area contributed by atoms with Crippen molar-refractivity contribution in [3.63, 3.8) is 0 Å². The van der Waals surface area contributed by atoms with Crippen LogP contribution >= 0.6 is 0 Å². The Morgan fingerprint density at radius 2 is 0.816 bits per heavy atom. The van der Waals surface area contributed by atoms with Gasteiger partial charge in [-0.3, -0.25) is 0 Å². The molecule has 0 unspecified atom stereocenters. The lowest BCUT2D eigenvalue weighted by atomic mass is 9.33. The molecule has 4 aromatic heterocycles. The minimum Gasteiger partial charge on any atom is -0.456 e. The van der Waals surface area contributed by atoms with Gasteiger partial charge in [-0.25, -0.2) is 0 Å². The van der Waals surface area contributed by atoms with Crippen LogP contribution in [0.5, 0.6) is 0 Å². The van der Waals surface area contributed by atoms with E-state index in [1.54, 1.807) is 4.57 Å². The van der Waals surface area contributed by atoms with Crippen molar-refractivity contribution in [3.05, 3.63) is 314 Å². The first-order chi connectivity index (χ1) is 53.3. The summed E-state index contributed by atoms with van der Waals surface area (Å²) in [6.45, 7) is 20.0. The van der Waals surface area contributed by atoms with Gasteiger partial charge < -0.3 is 27.9 Å². The number of hydrogen-bond donors (Lipinski definition) is 0. The molecule has 0 aliphatic carbocycles. The van der Waals surface area contributed by atoms with Gasteiger partial charge in [0, 0.05) is 83.1 Å². The van der Waals surface area contributed by atoms with Crippen LogP contribution in [0.2, 0.25) is 0 Å². The van der Waals surface area contributed by atoms with E-state index in [-0.39, 0.29) is 44.7 Å². The van der Waals surface area contributed by atoms with Crippen molar-refractivity contribution in [2.45, 2.75) is 78.6 Å². The second-order valence-electron chi connectivity index (χ2n) is 31.1. The van der Waals surface area contributed by atoms with Crippen molar-refractivity contribution in [2.75, 3.05) is 9.80 Å². The van der Waals surface area contributed by atoms with Gasteiger partial charge in [0.2, 0.25) is 0 Å². The van der Waals surface area contributed by atoms with Crippen molar-refractivity contribution >= 4 is 145 Å². The molecule has 2 aliphatic heterocycles. The molecule has 0 saturated carbocycles. The molecule has 0 spiro atoms. The molecule has 20 rings (SSSR count). The molecule has 6 heterocycles. The lowest BCUT2D eigenvalue weighted by Gasteiger charge is -2.46. The number of aromatic nitrogens is 3. The lowest BCUT2D eigenvalue weighted by Crippen LogP contribution is -2.61. The molecule has 18 aromatic rings. The van der Waals surface area contributed by atoms with E-state index in [2.05, 4.69) is 306 Å². The van der Waals surface area contributed by atoms with E-state index in [1.165, 1.54) is 21.9 Å². The quantitative estimate of drug-likeness (QED) is 0.149. The van der Waals surface area contributed by atoms with Crippen LogP contribution in [0.3, 0.4) is 0 Å². The monoisotopic (exact) mass is 1330 g/mol. The van der Waals surface area contributed by atoms with Gasteiger partial charge in [-0.15, -0.1) is 0 Å². The molecule has 6 nitrogen and oxygen atoms in total. The van der Waals surface area contributed by atoms with E-state index in [4.69, 9.17) is 7.16 Å². The van der Waals surface area contributed by atoms with Crippen LogP contribution < -0.4 is 26.2 Å². The van der Waals surface area contributed by atoms with Gasteiger partial charge in [-0.05, 0) is 187 Å². The highest BCUT2D eigenvalue weighted by Gasteiger charge is 2.46. The second-order valence-corrected chi connectivity index (χ2v) is 31.1. The summed E-state index contributed by atoms with van der Waals surface area (Å²) in [7, 11) is 0. The van der Waals surface area contributed by atoms with Gasteiger partial charge in [0.15, 0.2) is 0 Å². The van der Waals surface area contributed by atoms with Crippen molar-refractivity contribution in [1.82, 2.24) is 13.7 Å². The fraction of sp³-hybridized carbons (Fsp3) is 0.125. The first kappa shape index (κ1) is 52.9. The smallest absolute Gasteiger partial charge is 0.252 e. The summed E-state index contributed by atoms with van der Waals surface area (Å²) in [6, 6.07) is 86.5. The SMILES string of the molecule is [2H]c1c([2H])c([2H])c2c(c1[2H])c1c([2H])c([2H])c([2H])c([2H])c1n2-c1ccc2c(c1)N(c1c(-c3ccccc3)ccc3oc4ccccc4c13)c1cc(C(C)(C)C)cc3c1B2c1ccc(-n2c4ccc(C(C)(C)C)cc4c4cc(C(C)(C)C)ccc42)cc1N3c1cc(-c2ccccc2)cc2c1c1ccccc1n2-c1ccccc1. The molecular formula is C96H76BN5O. The maximum absolute atomic E-state index is 9.85. The van der Waals surface area contributed by atoms with Crippen LogP contribution in [-0.4, -0.2) is 20.4 Å². The van der Waals surface area contributed by atoms with Gasteiger partial charge in [0.25, 0.3) is 6.71 Å². The fourth-order valence-electron chi connectivity index (χ4n) is 16.9. The Balaban J connectivity index is 0.983. The van der Waals surface area contributed by atoms with Crippen molar-refractivity contribution in [3.8, 4) is 39.3 Å². The molecule has 494 valence electrons. The molecule has 0 amide bonds. The Kier molecular flexibility index (Phi) is 11.4. The Morgan fingerprint density at radius 1 is 0.311 bits per heavy atom. The van der Waals surface area contributed by atoms with E-state index in [0.717, 1.165) is 133 Å². The van der Waals surface area contributed by atoms with E-state index < -0.39 is 48.4 Å². The van der Waals surface area contributed by atoms with Crippen molar-refractivity contribution < 1.29 is 15.4 Å². The first-order valence-corrected chi connectivity index (χ1v) is 35.7. The second kappa shape index (κ2) is 22.2. The highest BCUT2D eigenvalue weighted by Crippen LogP contribution is 2.55. The Morgan fingerprint density at radius 3 is 1.43 bits per heavy atom. The zero-order valence-electron chi connectivity index (χ0n) is 66.9. The number of hydrogen-bond acceptors (Lipinski definition) is 3. The molecule has 0 saturated heterocycles. The third-order valence-electron chi connectivity index (χ3n) is 21.9. The summed E-state index contributed by atoms with van der Waals surface area (Å²) < 4.78 is 89.1. The van der Waals surface area contributed by atoms with E-state index in [0.29, 0.717) is 16.9 Å². The average Bonchev–Trinajstić information content (AvgIpc) is 0.983. The third-order valence-corrected chi connectivity index (χ3v) is 21.9. The minimum absolute atomic E-state index is 0.00496. The highest BCUT2D eigenvalue weighted by molar-refractivity contribution is 7.00. The predicted octanol–water partition coefficient (Wildman–Crippen LogP) is 24.2. The van der Waals surface area contributed by atoms with Crippen molar-refractivity contribution in [2.24, 2.45) is 0 Å². The molecule has 14 aromatic carbocycles. The molecule has 103 heavy (non-hydrogen) atoms. The number of anilines is 6. The van der Waals surface area contributed by atoms with Gasteiger partial charge in [-0.1, -0.05) is 238 Å². The number of para-hydroxylation sites is 5. The summed E-state index contributed by atoms with van der Waals surface area (Å²) in [6.07, 6.45) is 0. The van der Waals surface area contributed by atoms with E-state index in [1.807, 2.05) is 24.3 Å². The Bertz CT molecular complexity index is 6930. The molecule has 0 bridgehead atoms. The van der Waals surface area contributed by atoms with Crippen LogP contribution in [0.4, 0.5) is 34.1 Å². The number of furan rings is 1.